The Morgan fingerprint density at radius 2 is 1.85 bits per heavy atom. The third-order valence-electron chi connectivity index (χ3n) is 7.60. The van der Waals surface area contributed by atoms with Gasteiger partial charge >= 0.3 is 5.97 Å². The van der Waals surface area contributed by atoms with Crippen LogP contribution >= 0.6 is 23.2 Å². The number of benzene rings is 2. The van der Waals surface area contributed by atoms with Crippen LogP contribution in [0, 0.1) is 5.92 Å². The van der Waals surface area contributed by atoms with E-state index in [1.165, 1.54) is 0 Å². The zero-order valence-electron chi connectivity index (χ0n) is 21.0. The van der Waals surface area contributed by atoms with Gasteiger partial charge in [0.25, 0.3) is 5.91 Å². The summed E-state index contributed by atoms with van der Waals surface area (Å²) in [6.45, 7) is 0.102. The van der Waals surface area contributed by atoms with Gasteiger partial charge in [0, 0.05) is 27.8 Å². The van der Waals surface area contributed by atoms with Crippen molar-refractivity contribution in [2.75, 3.05) is 0 Å². The van der Waals surface area contributed by atoms with Crippen molar-refractivity contribution in [1.82, 2.24) is 15.4 Å². The number of nitrogens with one attached hydrogen (secondary N) is 1. The van der Waals surface area contributed by atoms with E-state index in [2.05, 4.69) is 10.5 Å². The number of aromatic nitrogens is 1. The summed E-state index contributed by atoms with van der Waals surface area (Å²) in [4.78, 5) is 38.0. The number of amides is 1. The first-order valence-corrected chi connectivity index (χ1v) is 13.7. The van der Waals surface area contributed by atoms with Gasteiger partial charge in [0.2, 0.25) is 0 Å². The first kappa shape index (κ1) is 27.6. The molecule has 2 heterocycles. The van der Waals surface area contributed by atoms with E-state index in [4.69, 9.17) is 28.0 Å². The lowest BCUT2D eigenvalue weighted by Crippen LogP contribution is -2.56. The zero-order chi connectivity index (χ0) is 27.5. The molecule has 2 aromatic carbocycles. The van der Waals surface area contributed by atoms with Crippen molar-refractivity contribution in [1.29, 1.82) is 0 Å². The van der Waals surface area contributed by atoms with Gasteiger partial charge in [0.1, 0.15) is 12.8 Å². The van der Waals surface area contributed by atoms with E-state index >= 15 is 0 Å². The van der Waals surface area contributed by atoms with Gasteiger partial charge in [0.15, 0.2) is 0 Å². The minimum atomic E-state index is -1.28. The Balaban J connectivity index is 1.59. The molecule has 0 radical (unpaired) electrons. The lowest BCUT2D eigenvalue weighted by molar-refractivity contribution is -0.146. The van der Waals surface area contributed by atoms with Crippen molar-refractivity contribution in [3.8, 4) is 0 Å². The molecule has 3 N–H and O–H groups in total. The van der Waals surface area contributed by atoms with Crippen LogP contribution in [0.25, 0.3) is 0 Å². The van der Waals surface area contributed by atoms with Crippen LogP contribution in [0.15, 0.2) is 66.9 Å². The van der Waals surface area contributed by atoms with Crippen molar-refractivity contribution in [3.05, 3.63) is 99.3 Å². The number of carboxylic acids is 1. The van der Waals surface area contributed by atoms with Gasteiger partial charge in [0.05, 0.1) is 23.6 Å². The highest BCUT2D eigenvalue weighted by molar-refractivity contribution is 6.35. The van der Waals surface area contributed by atoms with Gasteiger partial charge in [-0.05, 0) is 54.3 Å². The molecule has 2 aliphatic rings. The SMILES string of the molecule is O=C(O)C1CCCCC1N1C(=O)c2ccccc2C(C(O)NOCc2ccccn2)C1c1ccc(Cl)cc1Cl. The third kappa shape index (κ3) is 5.66. The predicted octanol–water partition coefficient (Wildman–Crippen LogP) is 5.35. The van der Waals surface area contributed by atoms with E-state index in [1.54, 1.807) is 65.7 Å². The molecule has 3 aromatic rings. The lowest BCUT2D eigenvalue weighted by atomic mass is 9.75. The maximum absolute atomic E-state index is 14.1. The predicted molar refractivity (Wildman–Crippen MR) is 146 cm³/mol. The topological polar surface area (TPSA) is 112 Å². The summed E-state index contributed by atoms with van der Waals surface area (Å²) >= 11 is 12.9. The normalized spacial score (nSPS) is 23.8. The molecule has 1 aliphatic carbocycles. The standard InChI is InChI=1S/C29H29Cl2N3O5/c30-17-12-13-21(23(31)15-17)26-25(27(35)33-39-16-18-7-5-6-14-32-18)19-8-1-2-9-20(19)28(36)34(26)24-11-4-3-10-22(24)29(37)38/h1-2,5-9,12-15,22,24-27,33,35H,3-4,10-11,16H2,(H,37,38). The largest absolute Gasteiger partial charge is 0.481 e. The molecule has 5 unspecified atom stereocenters. The van der Waals surface area contributed by atoms with Crippen molar-refractivity contribution in [2.45, 2.75) is 56.5 Å². The number of rotatable bonds is 8. The number of hydroxylamine groups is 1. The molecule has 39 heavy (non-hydrogen) atoms. The Hall–Kier alpha value is -3.01. The number of aliphatic hydroxyl groups is 1. The number of hydrogen-bond donors (Lipinski definition) is 3. The smallest absolute Gasteiger partial charge is 0.308 e. The number of aliphatic carboxylic acids is 1. The number of carboxylic acid groups (broad SMARTS) is 1. The Morgan fingerprint density at radius 3 is 2.59 bits per heavy atom. The molecular formula is C29H29Cl2N3O5. The molecule has 8 nitrogen and oxygen atoms in total. The molecule has 0 bridgehead atoms. The second-order valence-electron chi connectivity index (χ2n) is 9.91. The summed E-state index contributed by atoms with van der Waals surface area (Å²) in [5.41, 5.74) is 4.99. The van der Waals surface area contributed by atoms with Gasteiger partial charge in [-0.25, -0.2) is 0 Å². The quantitative estimate of drug-likeness (QED) is 0.247. The number of aliphatic hydroxyl groups excluding tert-OH is 1. The zero-order valence-corrected chi connectivity index (χ0v) is 22.6. The molecule has 0 saturated heterocycles. The summed E-state index contributed by atoms with van der Waals surface area (Å²) in [7, 11) is 0. The number of halogens is 2. The molecule has 1 aliphatic heterocycles. The van der Waals surface area contributed by atoms with Crippen LogP contribution < -0.4 is 5.48 Å². The molecule has 5 rings (SSSR count). The number of pyridine rings is 1. The van der Waals surface area contributed by atoms with Gasteiger partial charge < -0.3 is 15.1 Å². The molecule has 1 amide bonds. The van der Waals surface area contributed by atoms with Crippen LogP contribution in [-0.2, 0) is 16.2 Å². The summed E-state index contributed by atoms with van der Waals surface area (Å²) in [6.07, 6.45) is 2.92. The second-order valence-corrected chi connectivity index (χ2v) is 10.7. The molecular weight excluding hydrogens is 541 g/mol. The van der Waals surface area contributed by atoms with E-state index in [1.807, 2.05) is 6.07 Å². The fraction of sp³-hybridized carbons (Fsp3) is 0.345. The van der Waals surface area contributed by atoms with Crippen molar-refractivity contribution < 1.29 is 24.6 Å². The first-order chi connectivity index (χ1) is 18.9. The number of hydrogen-bond acceptors (Lipinski definition) is 6. The summed E-state index contributed by atoms with van der Waals surface area (Å²) in [6, 6.07) is 16.1. The molecule has 204 valence electrons. The van der Waals surface area contributed by atoms with E-state index < -0.39 is 36.1 Å². The monoisotopic (exact) mass is 569 g/mol. The highest BCUT2D eigenvalue weighted by atomic mass is 35.5. The van der Waals surface area contributed by atoms with E-state index in [-0.39, 0.29) is 12.5 Å². The van der Waals surface area contributed by atoms with E-state index in [0.29, 0.717) is 45.3 Å². The van der Waals surface area contributed by atoms with Gasteiger partial charge in [-0.1, -0.05) is 66.4 Å². The molecule has 10 heteroatoms. The maximum Gasteiger partial charge on any atom is 0.308 e. The summed E-state index contributed by atoms with van der Waals surface area (Å²) < 4.78 is 0. The van der Waals surface area contributed by atoms with Crippen LogP contribution in [-0.4, -0.2) is 44.2 Å². The Bertz CT molecular complexity index is 1340. The van der Waals surface area contributed by atoms with Gasteiger partial charge in [-0.15, -0.1) is 0 Å². The van der Waals surface area contributed by atoms with Crippen LogP contribution in [0.3, 0.4) is 0 Å². The van der Waals surface area contributed by atoms with Crippen LogP contribution in [0.5, 0.6) is 0 Å². The molecule has 1 saturated carbocycles. The minimum Gasteiger partial charge on any atom is -0.481 e. The summed E-state index contributed by atoms with van der Waals surface area (Å²) in [5, 5.41) is 22.4. The number of carbonyl (C=O) groups excluding carboxylic acids is 1. The number of fused-ring (bicyclic) bond motifs is 1. The second kappa shape index (κ2) is 12.0. The Labute approximate surface area is 236 Å². The number of nitrogens with zero attached hydrogens (tertiary/aromatic N) is 2. The van der Waals surface area contributed by atoms with Gasteiger partial charge in [-0.3, -0.25) is 19.4 Å². The van der Waals surface area contributed by atoms with Crippen molar-refractivity contribution in [2.24, 2.45) is 5.92 Å². The van der Waals surface area contributed by atoms with Crippen LogP contribution in [0.4, 0.5) is 0 Å². The van der Waals surface area contributed by atoms with Crippen LogP contribution in [0.1, 0.15) is 64.8 Å². The fourth-order valence-electron chi connectivity index (χ4n) is 5.87. The molecule has 5 atom stereocenters. The average molecular weight is 570 g/mol. The highest BCUT2D eigenvalue weighted by Crippen LogP contribution is 2.49. The minimum absolute atomic E-state index is 0.102. The van der Waals surface area contributed by atoms with Crippen LogP contribution in [0.2, 0.25) is 10.0 Å². The maximum atomic E-state index is 14.1. The van der Waals surface area contributed by atoms with Gasteiger partial charge in [-0.2, -0.15) is 5.48 Å². The van der Waals surface area contributed by atoms with Crippen molar-refractivity contribution in [3.63, 3.8) is 0 Å². The molecule has 0 spiro atoms. The Kier molecular flexibility index (Phi) is 8.49. The molecule has 1 aromatic heterocycles. The Morgan fingerprint density at radius 1 is 1.08 bits per heavy atom. The first-order valence-electron chi connectivity index (χ1n) is 12.9. The van der Waals surface area contributed by atoms with E-state index in [0.717, 1.165) is 12.8 Å². The number of carbonyl (C=O) groups is 2. The highest BCUT2D eigenvalue weighted by Gasteiger charge is 2.50. The lowest BCUT2D eigenvalue weighted by Gasteiger charge is -2.49. The third-order valence-corrected chi connectivity index (χ3v) is 8.16. The fourth-order valence-corrected chi connectivity index (χ4v) is 6.39. The summed E-state index contributed by atoms with van der Waals surface area (Å²) in [5.74, 6) is -2.72. The average Bonchev–Trinajstić information content (AvgIpc) is 2.93. The van der Waals surface area contributed by atoms with Crippen molar-refractivity contribution >= 4 is 35.1 Å². The molecule has 1 fully saturated rings. The van der Waals surface area contributed by atoms with E-state index in [9.17, 15) is 19.8 Å².